The van der Waals surface area contributed by atoms with Crippen LogP contribution in [0, 0.1) is 5.92 Å². The summed E-state index contributed by atoms with van der Waals surface area (Å²) in [6, 6.07) is 0. The van der Waals surface area contributed by atoms with Gasteiger partial charge in [-0.1, -0.05) is 24.4 Å². The molecule has 0 atom stereocenters. The summed E-state index contributed by atoms with van der Waals surface area (Å²) in [5.74, 6) is 3.01. The lowest BCUT2D eigenvalue weighted by Gasteiger charge is -2.37. The molecule has 1 aliphatic heterocycles. The maximum atomic E-state index is 12.3. The Labute approximate surface area is 124 Å². The summed E-state index contributed by atoms with van der Waals surface area (Å²) in [4.78, 5) is 12.3. The van der Waals surface area contributed by atoms with Gasteiger partial charge in [-0.25, -0.2) is 0 Å². The Kier molecular flexibility index (Phi) is 5.57. The van der Waals surface area contributed by atoms with Crippen LogP contribution in [0.1, 0.15) is 51.4 Å². The third-order valence-electron chi connectivity index (χ3n) is 4.50. The minimum absolute atomic E-state index is 0.0513. The van der Waals surface area contributed by atoms with Crippen LogP contribution in [0.15, 0.2) is 5.16 Å². The van der Waals surface area contributed by atoms with Gasteiger partial charge in [0.15, 0.2) is 5.84 Å². The molecule has 6 heteroatoms. The smallest absolute Gasteiger partial charge is 0.221 e. The van der Waals surface area contributed by atoms with E-state index in [1.807, 2.05) is 11.8 Å². The van der Waals surface area contributed by atoms with Crippen LogP contribution in [0.3, 0.4) is 0 Å². The number of rotatable bonds is 4. The Morgan fingerprint density at radius 1 is 1.30 bits per heavy atom. The molecular weight excluding hydrogens is 274 g/mol. The normalized spacial score (nSPS) is 24.3. The molecule has 2 aliphatic rings. The molecule has 0 bridgehead atoms. The average molecular weight is 299 g/mol. The van der Waals surface area contributed by atoms with Gasteiger partial charge in [-0.05, 0) is 43.1 Å². The molecule has 2 rings (SSSR count). The SMILES string of the molecule is NC(=NO)C1(NC(=O)CC2CCSCC2)CCCCC1. The molecule has 5 nitrogen and oxygen atoms in total. The molecular formula is C14H25N3O2S. The molecule has 2 fully saturated rings. The zero-order chi connectivity index (χ0) is 14.4. The van der Waals surface area contributed by atoms with E-state index < -0.39 is 5.54 Å². The second-order valence-corrected chi connectivity index (χ2v) is 7.16. The topological polar surface area (TPSA) is 87.7 Å². The van der Waals surface area contributed by atoms with Gasteiger partial charge in [0.2, 0.25) is 5.91 Å². The van der Waals surface area contributed by atoms with Crippen molar-refractivity contribution in [3.05, 3.63) is 0 Å². The number of hydrogen-bond donors (Lipinski definition) is 3. The van der Waals surface area contributed by atoms with Gasteiger partial charge < -0.3 is 16.3 Å². The van der Waals surface area contributed by atoms with E-state index in [0.717, 1.165) is 56.5 Å². The largest absolute Gasteiger partial charge is 0.409 e. The van der Waals surface area contributed by atoms with Crippen molar-refractivity contribution in [2.75, 3.05) is 11.5 Å². The summed E-state index contributed by atoms with van der Waals surface area (Å²) in [6.45, 7) is 0. The number of hydrogen-bond acceptors (Lipinski definition) is 4. The van der Waals surface area contributed by atoms with Crippen molar-refractivity contribution in [3.63, 3.8) is 0 Å². The third kappa shape index (κ3) is 3.81. The summed E-state index contributed by atoms with van der Waals surface area (Å²) in [6.07, 6.45) is 7.53. The summed E-state index contributed by atoms with van der Waals surface area (Å²) in [5.41, 5.74) is 5.23. The molecule has 20 heavy (non-hydrogen) atoms. The van der Waals surface area contributed by atoms with Crippen LogP contribution in [0.2, 0.25) is 0 Å². The maximum Gasteiger partial charge on any atom is 0.221 e. The first-order valence-corrected chi connectivity index (χ1v) is 8.68. The monoisotopic (exact) mass is 299 g/mol. The lowest BCUT2D eigenvalue weighted by molar-refractivity contribution is -0.123. The Hall–Kier alpha value is -0.910. The van der Waals surface area contributed by atoms with Crippen LogP contribution in [0.25, 0.3) is 0 Å². The number of oxime groups is 1. The number of nitrogens with zero attached hydrogens (tertiary/aromatic N) is 1. The first-order valence-electron chi connectivity index (χ1n) is 7.53. The van der Waals surface area contributed by atoms with Gasteiger partial charge in [-0.3, -0.25) is 4.79 Å². The van der Waals surface area contributed by atoms with Crippen molar-refractivity contribution in [3.8, 4) is 0 Å². The Morgan fingerprint density at radius 2 is 1.95 bits per heavy atom. The zero-order valence-corrected chi connectivity index (χ0v) is 12.8. The molecule has 1 saturated heterocycles. The third-order valence-corrected chi connectivity index (χ3v) is 5.55. The fraction of sp³-hybridized carbons (Fsp3) is 0.857. The zero-order valence-electron chi connectivity index (χ0n) is 11.9. The van der Waals surface area contributed by atoms with Gasteiger partial charge in [-0.15, -0.1) is 0 Å². The summed E-state index contributed by atoms with van der Waals surface area (Å²) < 4.78 is 0. The number of nitrogens with two attached hydrogens (primary N) is 1. The van der Waals surface area contributed by atoms with Crippen LogP contribution >= 0.6 is 11.8 Å². The van der Waals surface area contributed by atoms with Crippen LogP contribution in [0.4, 0.5) is 0 Å². The fourth-order valence-corrected chi connectivity index (χ4v) is 4.43. The quantitative estimate of drug-likeness (QED) is 0.321. The van der Waals surface area contributed by atoms with Crippen LogP contribution < -0.4 is 11.1 Å². The lowest BCUT2D eigenvalue weighted by Crippen LogP contribution is -2.58. The Bertz CT molecular complexity index is 361. The Morgan fingerprint density at radius 3 is 2.55 bits per heavy atom. The summed E-state index contributed by atoms with van der Waals surface area (Å²) in [5, 5.41) is 15.2. The molecule has 1 saturated carbocycles. The number of amides is 1. The van der Waals surface area contributed by atoms with Crippen molar-refractivity contribution >= 4 is 23.5 Å². The molecule has 1 amide bonds. The lowest BCUT2D eigenvalue weighted by atomic mass is 9.80. The standard InChI is InChI=1S/C14H25N3O2S/c15-13(17-19)14(6-2-1-3-7-14)16-12(18)10-11-4-8-20-9-5-11/h11,19H,1-10H2,(H2,15,17)(H,16,18). The van der Waals surface area contributed by atoms with Crippen molar-refractivity contribution < 1.29 is 10.0 Å². The van der Waals surface area contributed by atoms with E-state index in [2.05, 4.69) is 10.5 Å². The highest BCUT2D eigenvalue weighted by Crippen LogP contribution is 2.30. The van der Waals surface area contributed by atoms with Crippen molar-refractivity contribution in [2.24, 2.45) is 16.8 Å². The molecule has 4 N–H and O–H groups in total. The van der Waals surface area contributed by atoms with E-state index >= 15 is 0 Å². The number of amidine groups is 1. The van der Waals surface area contributed by atoms with Gasteiger partial charge in [0.05, 0.1) is 0 Å². The van der Waals surface area contributed by atoms with Gasteiger partial charge in [0.25, 0.3) is 0 Å². The first-order chi connectivity index (χ1) is 9.66. The molecule has 0 aromatic heterocycles. The predicted molar refractivity (Wildman–Crippen MR) is 82.0 cm³/mol. The van der Waals surface area contributed by atoms with Gasteiger partial charge in [0, 0.05) is 6.42 Å². The van der Waals surface area contributed by atoms with Crippen LogP contribution in [-0.2, 0) is 4.79 Å². The fourth-order valence-electron chi connectivity index (χ4n) is 3.23. The maximum absolute atomic E-state index is 12.3. The molecule has 0 aromatic carbocycles. The summed E-state index contributed by atoms with van der Waals surface area (Å²) >= 11 is 1.97. The molecule has 0 aromatic rings. The van der Waals surface area contributed by atoms with E-state index in [-0.39, 0.29) is 11.7 Å². The number of carbonyl (C=O) groups excluding carboxylic acids is 1. The molecule has 0 spiro atoms. The van der Waals surface area contributed by atoms with E-state index in [9.17, 15) is 4.79 Å². The van der Waals surface area contributed by atoms with Gasteiger partial charge in [0.1, 0.15) is 5.54 Å². The molecule has 1 aliphatic carbocycles. The number of thioether (sulfide) groups is 1. The van der Waals surface area contributed by atoms with Crippen molar-refractivity contribution in [2.45, 2.75) is 56.9 Å². The minimum Gasteiger partial charge on any atom is -0.409 e. The second-order valence-electron chi connectivity index (χ2n) is 5.94. The number of carbonyl (C=O) groups is 1. The average Bonchev–Trinajstić information content (AvgIpc) is 2.48. The van der Waals surface area contributed by atoms with Crippen molar-refractivity contribution in [1.82, 2.24) is 5.32 Å². The highest BCUT2D eigenvalue weighted by molar-refractivity contribution is 7.99. The molecule has 0 radical (unpaired) electrons. The molecule has 1 heterocycles. The highest BCUT2D eigenvalue weighted by atomic mass is 32.2. The van der Waals surface area contributed by atoms with E-state index in [1.165, 1.54) is 0 Å². The summed E-state index contributed by atoms with van der Waals surface area (Å²) in [7, 11) is 0. The molecule has 0 unspecified atom stereocenters. The van der Waals surface area contributed by atoms with Crippen LogP contribution in [-0.4, -0.2) is 34.0 Å². The van der Waals surface area contributed by atoms with Crippen LogP contribution in [0.5, 0.6) is 0 Å². The van der Waals surface area contributed by atoms with E-state index in [4.69, 9.17) is 10.9 Å². The minimum atomic E-state index is -0.618. The Balaban J connectivity index is 1.94. The predicted octanol–water partition coefficient (Wildman–Crippen LogP) is 2.09. The number of nitrogens with one attached hydrogen (secondary N) is 1. The van der Waals surface area contributed by atoms with Crippen molar-refractivity contribution in [1.29, 1.82) is 0 Å². The van der Waals surface area contributed by atoms with E-state index in [1.54, 1.807) is 0 Å². The van der Waals surface area contributed by atoms with Gasteiger partial charge >= 0.3 is 0 Å². The second kappa shape index (κ2) is 7.20. The molecule has 114 valence electrons. The van der Waals surface area contributed by atoms with Gasteiger partial charge in [-0.2, -0.15) is 11.8 Å². The highest BCUT2D eigenvalue weighted by Gasteiger charge is 2.38. The first kappa shape index (κ1) is 15.5. The van der Waals surface area contributed by atoms with E-state index in [0.29, 0.717) is 12.3 Å².